The van der Waals surface area contributed by atoms with Crippen molar-refractivity contribution >= 4 is 23.6 Å². The van der Waals surface area contributed by atoms with Gasteiger partial charge in [-0.25, -0.2) is 0 Å². The van der Waals surface area contributed by atoms with E-state index in [1.807, 2.05) is 25.3 Å². The Labute approximate surface area is 122 Å². The zero-order valence-electron chi connectivity index (χ0n) is 11.9. The van der Waals surface area contributed by atoms with Crippen LogP contribution in [-0.4, -0.2) is 44.0 Å². The summed E-state index contributed by atoms with van der Waals surface area (Å²) in [7, 11) is 0. The topological polar surface area (TPSA) is 97.1 Å². The molecule has 112 valence electrons. The number of carboxylic acids is 1. The average molecular weight is 300 g/mol. The number of aliphatic carboxylic acids is 1. The van der Waals surface area contributed by atoms with Gasteiger partial charge in [0.05, 0.1) is 5.75 Å². The molecule has 0 aliphatic rings. The van der Waals surface area contributed by atoms with E-state index in [9.17, 15) is 9.59 Å². The number of hydrogen-bond acceptors (Lipinski definition) is 5. The summed E-state index contributed by atoms with van der Waals surface area (Å²) in [5.41, 5.74) is 0. The maximum atomic E-state index is 11.5. The minimum absolute atomic E-state index is 0.0370. The molecular weight excluding hydrogens is 280 g/mol. The zero-order valence-corrected chi connectivity index (χ0v) is 12.7. The first-order valence-corrected chi connectivity index (χ1v) is 7.48. The normalized spacial score (nSPS) is 10.8. The highest BCUT2D eigenvalue weighted by atomic mass is 32.2. The number of carboxylic acid groups (broad SMARTS) is 1. The summed E-state index contributed by atoms with van der Waals surface area (Å²) in [6, 6.07) is 0. The number of thioether (sulfide) groups is 1. The van der Waals surface area contributed by atoms with Crippen molar-refractivity contribution < 1.29 is 14.7 Å². The molecule has 2 N–H and O–H groups in total. The summed E-state index contributed by atoms with van der Waals surface area (Å²) in [5, 5.41) is 20.1. The summed E-state index contributed by atoms with van der Waals surface area (Å²) in [5.74, 6) is -0.0836. The van der Waals surface area contributed by atoms with E-state index in [1.54, 1.807) is 0 Å². The zero-order chi connectivity index (χ0) is 15.1. The number of aromatic nitrogens is 3. The van der Waals surface area contributed by atoms with E-state index in [4.69, 9.17) is 5.11 Å². The summed E-state index contributed by atoms with van der Waals surface area (Å²) in [4.78, 5) is 22.2. The molecule has 0 aromatic carbocycles. The fourth-order valence-electron chi connectivity index (χ4n) is 1.67. The van der Waals surface area contributed by atoms with E-state index >= 15 is 0 Å². The van der Waals surface area contributed by atoms with Gasteiger partial charge in [-0.05, 0) is 6.92 Å². The smallest absolute Gasteiger partial charge is 0.313 e. The van der Waals surface area contributed by atoms with E-state index in [-0.39, 0.29) is 17.6 Å². The first-order valence-electron chi connectivity index (χ1n) is 6.50. The number of carbonyl (C=O) groups excluding carboxylic acids is 1. The predicted molar refractivity (Wildman–Crippen MR) is 75.8 cm³/mol. The van der Waals surface area contributed by atoms with Gasteiger partial charge in [-0.1, -0.05) is 25.6 Å². The Morgan fingerprint density at radius 2 is 2.10 bits per heavy atom. The largest absolute Gasteiger partial charge is 0.481 e. The Bertz CT molecular complexity index is 473. The lowest BCUT2D eigenvalue weighted by molar-refractivity contribution is -0.134. The van der Waals surface area contributed by atoms with Crippen molar-refractivity contribution in [2.24, 2.45) is 0 Å². The monoisotopic (exact) mass is 300 g/mol. The van der Waals surface area contributed by atoms with Crippen LogP contribution >= 0.6 is 11.8 Å². The molecule has 7 nitrogen and oxygen atoms in total. The molecule has 0 atom stereocenters. The molecular formula is C12H20N4O3S. The molecule has 0 saturated carbocycles. The lowest BCUT2D eigenvalue weighted by Gasteiger charge is -2.11. The van der Waals surface area contributed by atoms with Crippen LogP contribution < -0.4 is 5.32 Å². The van der Waals surface area contributed by atoms with Gasteiger partial charge >= 0.3 is 5.97 Å². The van der Waals surface area contributed by atoms with Gasteiger partial charge in [0.2, 0.25) is 5.91 Å². The molecule has 1 heterocycles. The van der Waals surface area contributed by atoms with Gasteiger partial charge < -0.3 is 15.0 Å². The van der Waals surface area contributed by atoms with Crippen LogP contribution in [0.1, 0.15) is 38.9 Å². The van der Waals surface area contributed by atoms with Gasteiger partial charge in [0, 0.05) is 25.4 Å². The molecule has 0 spiro atoms. The van der Waals surface area contributed by atoms with Crippen molar-refractivity contribution in [3.8, 4) is 0 Å². The van der Waals surface area contributed by atoms with E-state index in [2.05, 4.69) is 15.5 Å². The second-order valence-corrected chi connectivity index (χ2v) is 5.48. The number of hydrogen-bond donors (Lipinski definition) is 2. The third kappa shape index (κ3) is 4.84. The SMILES string of the molecule is CCNC(=O)CCn1c(SCC(=O)O)nnc1C(C)C. The first-order chi connectivity index (χ1) is 9.45. The van der Waals surface area contributed by atoms with Gasteiger partial charge in [0.25, 0.3) is 0 Å². The van der Waals surface area contributed by atoms with Crippen LogP contribution in [0.2, 0.25) is 0 Å². The van der Waals surface area contributed by atoms with Crippen molar-refractivity contribution in [3.05, 3.63) is 5.82 Å². The number of carbonyl (C=O) groups is 2. The number of rotatable bonds is 8. The third-order valence-corrected chi connectivity index (χ3v) is 3.47. The van der Waals surface area contributed by atoms with E-state index < -0.39 is 5.97 Å². The predicted octanol–water partition coefficient (Wildman–Crippen LogP) is 1.10. The Morgan fingerprint density at radius 3 is 2.65 bits per heavy atom. The van der Waals surface area contributed by atoms with Gasteiger partial charge in [0.1, 0.15) is 5.82 Å². The highest BCUT2D eigenvalue weighted by molar-refractivity contribution is 7.99. The van der Waals surface area contributed by atoms with Crippen LogP contribution in [0.3, 0.4) is 0 Å². The average Bonchev–Trinajstić information content (AvgIpc) is 2.77. The molecule has 8 heteroatoms. The number of nitrogens with one attached hydrogen (secondary N) is 1. The van der Waals surface area contributed by atoms with Gasteiger partial charge in [-0.2, -0.15) is 0 Å². The number of amides is 1. The van der Waals surface area contributed by atoms with Gasteiger partial charge in [-0.3, -0.25) is 9.59 Å². The molecule has 1 rings (SSSR count). The van der Waals surface area contributed by atoms with Crippen molar-refractivity contribution in [1.82, 2.24) is 20.1 Å². The minimum atomic E-state index is -0.903. The Hall–Kier alpha value is -1.57. The highest BCUT2D eigenvalue weighted by Crippen LogP contribution is 2.21. The Morgan fingerprint density at radius 1 is 1.40 bits per heavy atom. The van der Waals surface area contributed by atoms with Crippen LogP contribution in [0, 0.1) is 0 Å². The summed E-state index contributed by atoms with van der Waals surface area (Å²) in [6.07, 6.45) is 0.326. The van der Waals surface area contributed by atoms with Gasteiger partial charge in [0.15, 0.2) is 5.16 Å². The third-order valence-electron chi connectivity index (χ3n) is 2.52. The molecule has 1 aromatic rings. The van der Waals surface area contributed by atoms with E-state index in [0.29, 0.717) is 24.7 Å². The molecule has 1 aromatic heterocycles. The van der Waals surface area contributed by atoms with Crippen molar-refractivity contribution in [3.63, 3.8) is 0 Å². The van der Waals surface area contributed by atoms with Crippen LogP contribution in [0.15, 0.2) is 5.16 Å². The molecule has 1 amide bonds. The fraction of sp³-hybridized carbons (Fsp3) is 0.667. The summed E-state index contributed by atoms with van der Waals surface area (Å²) in [6.45, 7) is 6.88. The maximum absolute atomic E-state index is 11.5. The lowest BCUT2D eigenvalue weighted by atomic mass is 10.2. The van der Waals surface area contributed by atoms with Crippen LogP contribution in [-0.2, 0) is 16.1 Å². The summed E-state index contributed by atoms with van der Waals surface area (Å²) < 4.78 is 1.83. The molecule has 0 bridgehead atoms. The van der Waals surface area contributed by atoms with Crippen LogP contribution in [0.4, 0.5) is 0 Å². The van der Waals surface area contributed by atoms with Crippen molar-refractivity contribution in [1.29, 1.82) is 0 Å². The molecule has 0 fully saturated rings. The quantitative estimate of drug-likeness (QED) is 0.698. The second-order valence-electron chi connectivity index (χ2n) is 4.53. The number of nitrogens with zero attached hydrogens (tertiary/aromatic N) is 3. The van der Waals surface area contributed by atoms with Crippen molar-refractivity contribution in [2.75, 3.05) is 12.3 Å². The molecule has 20 heavy (non-hydrogen) atoms. The molecule has 0 aliphatic heterocycles. The molecule has 0 saturated heterocycles. The Kier molecular flexibility index (Phi) is 6.50. The lowest BCUT2D eigenvalue weighted by Crippen LogP contribution is -2.24. The standard InChI is InChI=1S/C12H20N4O3S/c1-4-13-9(17)5-6-16-11(8(2)3)14-15-12(16)20-7-10(18)19/h8H,4-7H2,1-3H3,(H,13,17)(H,18,19). The van der Waals surface area contributed by atoms with Gasteiger partial charge in [-0.15, -0.1) is 10.2 Å². The second kappa shape index (κ2) is 7.88. The van der Waals surface area contributed by atoms with E-state index in [0.717, 1.165) is 17.6 Å². The fourth-order valence-corrected chi connectivity index (χ4v) is 2.36. The van der Waals surface area contributed by atoms with E-state index in [1.165, 1.54) is 0 Å². The minimum Gasteiger partial charge on any atom is -0.481 e. The molecule has 0 radical (unpaired) electrons. The van der Waals surface area contributed by atoms with Crippen LogP contribution in [0.5, 0.6) is 0 Å². The van der Waals surface area contributed by atoms with Crippen LogP contribution in [0.25, 0.3) is 0 Å². The highest BCUT2D eigenvalue weighted by Gasteiger charge is 2.16. The Balaban J connectivity index is 2.80. The molecule has 0 unspecified atom stereocenters. The van der Waals surface area contributed by atoms with Crippen molar-refractivity contribution in [2.45, 2.75) is 44.8 Å². The summed E-state index contributed by atoms with van der Waals surface area (Å²) >= 11 is 1.12. The maximum Gasteiger partial charge on any atom is 0.313 e. The molecule has 0 aliphatic carbocycles. The first kappa shape index (κ1) is 16.5.